The second-order valence-electron chi connectivity index (χ2n) is 7.00. The maximum absolute atomic E-state index is 12.6. The van der Waals surface area contributed by atoms with Gasteiger partial charge in [0, 0.05) is 24.5 Å². The van der Waals surface area contributed by atoms with Crippen molar-refractivity contribution in [1.29, 1.82) is 0 Å². The molecule has 2 aromatic rings. The van der Waals surface area contributed by atoms with Crippen molar-refractivity contribution in [2.24, 2.45) is 5.92 Å². The van der Waals surface area contributed by atoms with E-state index in [1.807, 2.05) is 49.3 Å². The third-order valence-corrected chi connectivity index (χ3v) is 5.21. The summed E-state index contributed by atoms with van der Waals surface area (Å²) in [5, 5.41) is 3.66. The summed E-state index contributed by atoms with van der Waals surface area (Å²) in [6.45, 7) is 1.23. The standard InChI is InChI=1S/C20H24ClN3O3/c1-23(2)18(16-7-3-4-8-17(16)21)11-22-20(26)14-10-19(25)24(12-14)13-15-6-5-9-27-15/h3-9,14,18H,10-13H2,1-2H3,(H,22,26). The molecule has 1 aliphatic heterocycles. The zero-order chi connectivity index (χ0) is 19.4. The highest BCUT2D eigenvalue weighted by Gasteiger charge is 2.34. The number of carbonyl (C=O) groups is 2. The van der Waals surface area contributed by atoms with Gasteiger partial charge < -0.3 is 19.5 Å². The Labute approximate surface area is 164 Å². The summed E-state index contributed by atoms with van der Waals surface area (Å²) in [7, 11) is 3.90. The number of halogens is 1. The second-order valence-corrected chi connectivity index (χ2v) is 7.41. The van der Waals surface area contributed by atoms with E-state index < -0.39 is 0 Å². The summed E-state index contributed by atoms with van der Waals surface area (Å²) in [5.41, 5.74) is 0.964. The predicted molar refractivity (Wildman–Crippen MR) is 103 cm³/mol. The molecule has 0 bridgehead atoms. The number of likely N-dealkylation sites (N-methyl/N-ethyl adjacent to an activating group) is 1. The third-order valence-electron chi connectivity index (χ3n) is 4.87. The zero-order valence-corrected chi connectivity index (χ0v) is 16.3. The molecule has 3 rings (SSSR count). The Bertz CT molecular complexity index is 792. The summed E-state index contributed by atoms with van der Waals surface area (Å²) in [5.74, 6) is 0.239. The Hall–Kier alpha value is -2.31. The van der Waals surface area contributed by atoms with Crippen LogP contribution in [0.15, 0.2) is 47.1 Å². The molecule has 1 saturated heterocycles. The van der Waals surface area contributed by atoms with Gasteiger partial charge in [0.05, 0.1) is 24.8 Å². The minimum atomic E-state index is -0.346. The highest BCUT2D eigenvalue weighted by molar-refractivity contribution is 6.31. The molecule has 144 valence electrons. The van der Waals surface area contributed by atoms with Crippen LogP contribution in [0, 0.1) is 5.92 Å². The molecule has 27 heavy (non-hydrogen) atoms. The molecule has 1 N–H and O–H groups in total. The number of amides is 2. The number of nitrogens with one attached hydrogen (secondary N) is 1. The van der Waals surface area contributed by atoms with Gasteiger partial charge in [-0.05, 0) is 37.9 Å². The predicted octanol–water partition coefficient (Wildman–Crippen LogP) is 2.70. The summed E-state index contributed by atoms with van der Waals surface area (Å²) >= 11 is 6.31. The quantitative estimate of drug-likeness (QED) is 0.790. The first-order valence-electron chi connectivity index (χ1n) is 8.94. The van der Waals surface area contributed by atoms with Crippen LogP contribution in [0.5, 0.6) is 0 Å². The summed E-state index contributed by atoms with van der Waals surface area (Å²) in [6.07, 6.45) is 1.81. The molecule has 2 heterocycles. The molecule has 2 unspecified atom stereocenters. The minimum Gasteiger partial charge on any atom is -0.467 e. The van der Waals surface area contributed by atoms with Crippen molar-refractivity contribution in [1.82, 2.24) is 15.1 Å². The molecular weight excluding hydrogens is 366 g/mol. The molecule has 1 aromatic carbocycles. The fourth-order valence-electron chi connectivity index (χ4n) is 3.35. The number of nitrogens with zero attached hydrogens (tertiary/aromatic N) is 2. The molecule has 0 saturated carbocycles. The van der Waals surface area contributed by atoms with E-state index in [1.165, 1.54) is 0 Å². The number of hydrogen-bond acceptors (Lipinski definition) is 4. The summed E-state index contributed by atoms with van der Waals surface area (Å²) < 4.78 is 5.29. The fourth-order valence-corrected chi connectivity index (χ4v) is 3.61. The smallest absolute Gasteiger partial charge is 0.225 e. The third kappa shape index (κ3) is 4.70. The van der Waals surface area contributed by atoms with E-state index in [4.69, 9.17) is 16.0 Å². The van der Waals surface area contributed by atoms with Crippen molar-refractivity contribution in [2.75, 3.05) is 27.2 Å². The van der Waals surface area contributed by atoms with Crippen LogP contribution in [0.1, 0.15) is 23.8 Å². The van der Waals surface area contributed by atoms with E-state index in [1.54, 1.807) is 17.2 Å². The van der Waals surface area contributed by atoms with Crippen LogP contribution in [0.2, 0.25) is 5.02 Å². The van der Waals surface area contributed by atoms with Gasteiger partial charge in [-0.25, -0.2) is 0 Å². The van der Waals surface area contributed by atoms with E-state index in [2.05, 4.69) is 5.32 Å². The molecule has 1 aliphatic rings. The molecule has 1 fully saturated rings. The van der Waals surface area contributed by atoms with E-state index in [0.717, 1.165) is 11.3 Å². The van der Waals surface area contributed by atoms with Crippen LogP contribution in [0.25, 0.3) is 0 Å². The Balaban J connectivity index is 1.58. The number of benzene rings is 1. The highest BCUT2D eigenvalue weighted by Crippen LogP contribution is 2.26. The van der Waals surface area contributed by atoms with Crippen molar-refractivity contribution >= 4 is 23.4 Å². The largest absolute Gasteiger partial charge is 0.467 e. The van der Waals surface area contributed by atoms with Crippen molar-refractivity contribution in [3.63, 3.8) is 0 Å². The van der Waals surface area contributed by atoms with Crippen LogP contribution >= 0.6 is 11.6 Å². The van der Waals surface area contributed by atoms with Gasteiger partial charge in [-0.3, -0.25) is 9.59 Å². The number of furan rings is 1. The molecule has 0 aliphatic carbocycles. The molecule has 2 atom stereocenters. The lowest BCUT2D eigenvalue weighted by Gasteiger charge is -2.26. The molecular formula is C20H24ClN3O3. The zero-order valence-electron chi connectivity index (χ0n) is 15.5. The molecule has 6 nitrogen and oxygen atoms in total. The van der Waals surface area contributed by atoms with E-state index >= 15 is 0 Å². The summed E-state index contributed by atoms with van der Waals surface area (Å²) in [4.78, 5) is 28.5. The van der Waals surface area contributed by atoms with Crippen molar-refractivity contribution in [3.05, 3.63) is 59.0 Å². The molecule has 0 radical (unpaired) electrons. The lowest BCUT2D eigenvalue weighted by Crippen LogP contribution is -2.38. The maximum Gasteiger partial charge on any atom is 0.225 e. The summed E-state index contributed by atoms with van der Waals surface area (Å²) in [6, 6.07) is 11.2. The van der Waals surface area contributed by atoms with E-state index in [9.17, 15) is 9.59 Å². The van der Waals surface area contributed by atoms with E-state index in [-0.39, 0.29) is 30.2 Å². The second kappa shape index (κ2) is 8.59. The first-order chi connectivity index (χ1) is 13.0. The van der Waals surface area contributed by atoms with Crippen LogP contribution in [-0.2, 0) is 16.1 Å². The van der Waals surface area contributed by atoms with Crippen LogP contribution < -0.4 is 5.32 Å². The SMILES string of the molecule is CN(C)C(CNC(=O)C1CC(=O)N(Cc2ccco2)C1)c1ccccc1Cl. The minimum absolute atomic E-state index is 0.0261. The van der Waals surface area contributed by atoms with Gasteiger partial charge in [-0.1, -0.05) is 29.8 Å². The maximum atomic E-state index is 12.6. The Morgan fingerprint density at radius 2 is 2.11 bits per heavy atom. The first kappa shape index (κ1) is 19.5. The lowest BCUT2D eigenvalue weighted by molar-refractivity contribution is -0.129. The Kier molecular flexibility index (Phi) is 6.19. The van der Waals surface area contributed by atoms with E-state index in [0.29, 0.717) is 24.7 Å². The van der Waals surface area contributed by atoms with Gasteiger partial charge in [0.15, 0.2) is 0 Å². The van der Waals surface area contributed by atoms with Crippen molar-refractivity contribution in [2.45, 2.75) is 19.0 Å². The van der Waals surface area contributed by atoms with Gasteiger partial charge >= 0.3 is 0 Å². The number of likely N-dealkylation sites (tertiary alicyclic amines) is 1. The monoisotopic (exact) mass is 389 g/mol. The van der Waals surface area contributed by atoms with Gasteiger partial charge in [-0.2, -0.15) is 0 Å². The lowest BCUT2D eigenvalue weighted by atomic mass is 10.0. The van der Waals surface area contributed by atoms with Gasteiger partial charge in [0.1, 0.15) is 5.76 Å². The van der Waals surface area contributed by atoms with Gasteiger partial charge in [-0.15, -0.1) is 0 Å². The number of hydrogen-bond donors (Lipinski definition) is 1. The van der Waals surface area contributed by atoms with Crippen molar-refractivity contribution in [3.8, 4) is 0 Å². The Morgan fingerprint density at radius 1 is 1.33 bits per heavy atom. The Morgan fingerprint density at radius 3 is 2.78 bits per heavy atom. The molecule has 2 amide bonds. The first-order valence-corrected chi connectivity index (χ1v) is 9.32. The van der Waals surface area contributed by atoms with Gasteiger partial charge in [0.2, 0.25) is 11.8 Å². The fraction of sp³-hybridized carbons (Fsp3) is 0.400. The number of rotatable bonds is 7. The van der Waals surface area contributed by atoms with Crippen molar-refractivity contribution < 1.29 is 14.0 Å². The average Bonchev–Trinajstić information content (AvgIpc) is 3.27. The molecule has 1 aromatic heterocycles. The molecule has 0 spiro atoms. The van der Waals surface area contributed by atoms with Crippen LogP contribution in [0.4, 0.5) is 0 Å². The van der Waals surface area contributed by atoms with Crippen LogP contribution in [0.3, 0.4) is 0 Å². The molecule has 7 heteroatoms. The average molecular weight is 390 g/mol. The van der Waals surface area contributed by atoms with Crippen LogP contribution in [-0.4, -0.2) is 48.8 Å². The van der Waals surface area contributed by atoms with Gasteiger partial charge in [0.25, 0.3) is 0 Å². The topological polar surface area (TPSA) is 65.8 Å². The highest BCUT2D eigenvalue weighted by atomic mass is 35.5. The number of carbonyl (C=O) groups excluding carboxylic acids is 2. The normalized spacial score (nSPS) is 18.1.